The Labute approximate surface area is 235 Å². The highest BCUT2D eigenvalue weighted by Gasteiger charge is 2.39. The number of aromatic hydroxyl groups is 1. The van der Waals surface area contributed by atoms with Gasteiger partial charge in [0.05, 0.1) is 16.8 Å². The van der Waals surface area contributed by atoms with E-state index in [1.165, 1.54) is 0 Å². The number of hydrogen-bond acceptors (Lipinski definition) is 5. The van der Waals surface area contributed by atoms with Crippen LogP contribution in [0.5, 0.6) is 5.75 Å². The fourth-order valence-electron chi connectivity index (χ4n) is 4.75. The summed E-state index contributed by atoms with van der Waals surface area (Å²) >= 11 is 0. The number of aromatic carboxylic acids is 1. The SMILES string of the molecule is Cc1cc(C)cc(N2C(=O)C(=NNc3cc(F)cc(-c4ccc(F)c(C(=O)O)c4)c3O)c3ccc(C(F)(F)F)cc32)c1. The minimum Gasteiger partial charge on any atom is -0.505 e. The van der Waals surface area contributed by atoms with Crippen molar-refractivity contribution in [3.05, 3.63) is 106 Å². The summed E-state index contributed by atoms with van der Waals surface area (Å²) < 4.78 is 69.2. The minimum absolute atomic E-state index is 0.0236. The van der Waals surface area contributed by atoms with E-state index < -0.39 is 46.6 Å². The number of alkyl halides is 3. The van der Waals surface area contributed by atoms with Gasteiger partial charge in [-0.25, -0.2) is 13.6 Å². The smallest absolute Gasteiger partial charge is 0.416 e. The van der Waals surface area contributed by atoms with Crippen LogP contribution in [0.1, 0.15) is 32.6 Å². The number of amides is 1. The molecule has 7 nitrogen and oxygen atoms in total. The Morgan fingerprint density at radius 3 is 2.24 bits per heavy atom. The summed E-state index contributed by atoms with van der Waals surface area (Å²) in [4.78, 5) is 26.0. The standard InChI is InChI=1S/C30H20F5N3O4/c1-14-7-15(2)9-19(8-14)38-25-11-17(30(33,34)35)4-5-20(25)26(28(38)40)37-36-24-13-18(31)12-21(27(24)39)16-3-6-23(32)22(10-16)29(41)42/h3-13,36,39H,1-2H3,(H,41,42). The quantitative estimate of drug-likeness (QED) is 0.132. The number of rotatable bonds is 5. The average molecular weight is 581 g/mol. The maximum absolute atomic E-state index is 14.6. The fraction of sp³-hybridized carbons (Fsp3) is 0.100. The molecule has 1 amide bonds. The lowest BCUT2D eigenvalue weighted by Crippen LogP contribution is -2.26. The van der Waals surface area contributed by atoms with E-state index in [9.17, 15) is 41.8 Å². The van der Waals surface area contributed by atoms with Gasteiger partial charge in [-0.05, 0) is 79.1 Å². The number of nitrogens with zero attached hydrogens (tertiary/aromatic N) is 2. The zero-order valence-electron chi connectivity index (χ0n) is 21.8. The van der Waals surface area contributed by atoms with Crippen LogP contribution in [0.2, 0.25) is 0 Å². The third kappa shape index (κ3) is 5.14. The summed E-state index contributed by atoms with van der Waals surface area (Å²) in [6, 6.07) is 12.5. The number of aryl methyl sites for hydroxylation is 2. The summed E-state index contributed by atoms with van der Waals surface area (Å²) in [6.07, 6.45) is -4.69. The number of fused-ring (bicyclic) bond motifs is 1. The van der Waals surface area contributed by atoms with Crippen LogP contribution in [-0.2, 0) is 11.0 Å². The first-order chi connectivity index (χ1) is 19.7. The molecule has 42 heavy (non-hydrogen) atoms. The van der Waals surface area contributed by atoms with Gasteiger partial charge in [0.25, 0.3) is 5.91 Å². The van der Waals surface area contributed by atoms with E-state index in [1.807, 2.05) is 6.07 Å². The van der Waals surface area contributed by atoms with Gasteiger partial charge in [-0.2, -0.15) is 18.3 Å². The Morgan fingerprint density at radius 2 is 1.60 bits per heavy atom. The minimum atomic E-state index is -4.69. The Kier molecular flexibility index (Phi) is 6.93. The van der Waals surface area contributed by atoms with Crippen molar-refractivity contribution in [3.63, 3.8) is 0 Å². The van der Waals surface area contributed by atoms with Gasteiger partial charge in [0, 0.05) is 22.9 Å². The first kappa shape index (κ1) is 28.3. The van der Waals surface area contributed by atoms with E-state index in [0.29, 0.717) is 5.69 Å². The number of carboxylic acid groups (broad SMARTS) is 1. The number of hydrogen-bond donors (Lipinski definition) is 3. The van der Waals surface area contributed by atoms with E-state index in [0.717, 1.165) is 64.6 Å². The van der Waals surface area contributed by atoms with Crippen LogP contribution in [0.15, 0.2) is 71.8 Å². The van der Waals surface area contributed by atoms with Crippen molar-refractivity contribution < 1.29 is 41.8 Å². The Bertz CT molecular complexity index is 1800. The molecule has 0 aromatic heterocycles. The number of nitrogens with one attached hydrogen (secondary N) is 1. The third-order valence-corrected chi connectivity index (χ3v) is 6.56. The second kappa shape index (κ2) is 10.3. The predicted molar refractivity (Wildman–Crippen MR) is 145 cm³/mol. The number of benzene rings is 4. The summed E-state index contributed by atoms with van der Waals surface area (Å²) in [7, 11) is 0. The van der Waals surface area contributed by atoms with E-state index in [2.05, 4.69) is 10.5 Å². The highest BCUT2D eigenvalue weighted by Crippen LogP contribution is 2.42. The van der Waals surface area contributed by atoms with Crippen molar-refractivity contribution in [1.82, 2.24) is 0 Å². The molecule has 3 N–H and O–H groups in total. The number of carbonyl (C=O) groups excluding carboxylic acids is 1. The number of anilines is 3. The molecule has 12 heteroatoms. The molecule has 0 radical (unpaired) electrons. The van der Waals surface area contributed by atoms with Crippen molar-refractivity contribution in [2.45, 2.75) is 20.0 Å². The molecule has 1 heterocycles. The molecule has 0 spiro atoms. The lowest BCUT2D eigenvalue weighted by Gasteiger charge is -2.19. The molecule has 0 atom stereocenters. The van der Waals surface area contributed by atoms with Gasteiger partial charge in [-0.1, -0.05) is 12.1 Å². The summed E-state index contributed by atoms with van der Waals surface area (Å²) in [6.45, 7) is 3.54. The van der Waals surface area contributed by atoms with Gasteiger partial charge in [-0.15, -0.1) is 0 Å². The Morgan fingerprint density at radius 1 is 0.905 bits per heavy atom. The zero-order chi connectivity index (χ0) is 30.5. The summed E-state index contributed by atoms with van der Waals surface area (Å²) in [5.74, 6) is -4.88. The largest absolute Gasteiger partial charge is 0.505 e. The molecular formula is C30H20F5N3O4. The van der Waals surface area contributed by atoms with Crippen LogP contribution < -0.4 is 10.3 Å². The van der Waals surface area contributed by atoms with Crippen LogP contribution in [0.4, 0.5) is 39.0 Å². The van der Waals surface area contributed by atoms with Crippen LogP contribution in [-0.4, -0.2) is 27.8 Å². The predicted octanol–water partition coefficient (Wildman–Crippen LogP) is 7.17. The summed E-state index contributed by atoms with van der Waals surface area (Å²) in [5, 5.41) is 24.1. The molecule has 214 valence electrons. The van der Waals surface area contributed by atoms with Crippen molar-refractivity contribution in [2.24, 2.45) is 5.10 Å². The van der Waals surface area contributed by atoms with Crippen LogP contribution in [0, 0.1) is 25.5 Å². The van der Waals surface area contributed by atoms with Gasteiger partial charge in [0.1, 0.15) is 23.1 Å². The molecule has 1 aliphatic heterocycles. The Balaban J connectivity index is 1.60. The Hall–Kier alpha value is -5.26. The number of carbonyl (C=O) groups is 2. The molecule has 0 fully saturated rings. The second-order valence-electron chi connectivity index (χ2n) is 9.64. The number of phenolic OH excluding ortho intramolecular Hbond substituents is 1. The van der Waals surface area contributed by atoms with E-state index >= 15 is 0 Å². The normalized spacial score (nSPS) is 13.9. The van der Waals surface area contributed by atoms with E-state index in [4.69, 9.17) is 0 Å². The summed E-state index contributed by atoms with van der Waals surface area (Å²) in [5.41, 5.74) is 1.66. The highest BCUT2D eigenvalue weighted by molar-refractivity contribution is 6.55. The molecule has 0 saturated carbocycles. The molecule has 0 aliphatic carbocycles. The number of carboxylic acids is 1. The number of hydrazone groups is 1. The zero-order valence-corrected chi connectivity index (χ0v) is 21.8. The lowest BCUT2D eigenvalue weighted by atomic mass is 10.0. The average Bonchev–Trinajstić information content (AvgIpc) is 3.18. The van der Waals surface area contributed by atoms with Gasteiger partial charge in [-0.3, -0.25) is 15.1 Å². The molecular weight excluding hydrogens is 561 g/mol. The molecule has 0 bridgehead atoms. The van der Waals surface area contributed by atoms with Crippen molar-refractivity contribution in [2.75, 3.05) is 10.3 Å². The van der Waals surface area contributed by atoms with Crippen LogP contribution in [0.3, 0.4) is 0 Å². The number of halogens is 5. The maximum Gasteiger partial charge on any atom is 0.416 e. The lowest BCUT2D eigenvalue weighted by molar-refractivity contribution is -0.137. The van der Waals surface area contributed by atoms with Crippen molar-refractivity contribution >= 4 is 34.7 Å². The number of phenols is 1. The van der Waals surface area contributed by atoms with Gasteiger partial charge in [0.15, 0.2) is 5.71 Å². The fourth-order valence-corrected chi connectivity index (χ4v) is 4.75. The molecule has 0 unspecified atom stereocenters. The van der Waals surface area contributed by atoms with Gasteiger partial charge >= 0.3 is 12.1 Å². The topological polar surface area (TPSA) is 102 Å². The van der Waals surface area contributed by atoms with Crippen molar-refractivity contribution in [3.8, 4) is 16.9 Å². The molecule has 4 aromatic rings. The second-order valence-corrected chi connectivity index (χ2v) is 9.64. The maximum atomic E-state index is 14.6. The highest BCUT2D eigenvalue weighted by atomic mass is 19.4. The molecule has 0 saturated heterocycles. The molecule has 4 aromatic carbocycles. The molecule has 1 aliphatic rings. The van der Waals surface area contributed by atoms with Gasteiger partial charge in [0.2, 0.25) is 0 Å². The van der Waals surface area contributed by atoms with Gasteiger partial charge < -0.3 is 10.2 Å². The van der Waals surface area contributed by atoms with Crippen LogP contribution in [0.25, 0.3) is 11.1 Å². The third-order valence-electron chi connectivity index (χ3n) is 6.56. The van der Waals surface area contributed by atoms with Crippen molar-refractivity contribution in [1.29, 1.82) is 0 Å². The first-order valence-electron chi connectivity index (χ1n) is 12.3. The van der Waals surface area contributed by atoms with E-state index in [-0.39, 0.29) is 33.8 Å². The van der Waals surface area contributed by atoms with Crippen LogP contribution >= 0.6 is 0 Å². The first-order valence-corrected chi connectivity index (χ1v) is 12.3. The molecule has 5 rings (SSSR count). The monoisotopic (exact) mass is 581 g/mol. The van der Waals surface area contributed by atoms with E-state index in [1.54, 1.807) is 26.0 Å².